The lowest BCUT2D eigenvalue weighted by Crippen LogP contribution is -2.20. The second-order valence-corrected chi connectivity index (χ2v) is 9.39. The Morgan fingerprint density at radius 2 is 2.09 bits per heavy atom. The number of aliphatic hydroxyl groups excluding tert-OH is 1. The topological polar surface area (TPSA) is 93.6 Å². The fourth-order valence-electron chi connectivity index (χ4n) is 3.81. The van der Waals surface area contributed by atoms with Crippen molar-refractivity contribution in [3.8, 4) is 11.5 Å². The van der Waals surface area contributed by atoms with Gasteiger partial charge in [-0.2, -0.15) is 0 Å². The van der Waals surface area contributed by atoms with Gasteiger partial charge in [0.05, 0.1) is 22.6 Å². The molecule has 1 radical (unpaired) electrons. The minimum absolute atomic E-state index is 0.0179. The first kappa shape index (κ1) is 23.2. The second kappa shape index (κ2) is 10.3. The molecule has 4 rings (SSSR count). The molecular formula is C25H28N3O4S. The van der Waals surface area contributed by atoms with Gasteiger partial charge in [-0.05, 0) is 63.1 Å². The number of para-hydroxylation sites is 2. The number of rotatable bonds is 9. The summed E-state index contributed by atoms with van der Waals surface area (Å²) >= 11 is 1.36. The first-order valence-electron chi connectivity index (χ1n) is 11.0. The minimum atomic E-state index is -0.445. The van der Waals surface area contributed by atoms with E-state index in [9.17, 15) is 9.90 Å². The number of aliphatic hydroxyl groups is 1. The smallest absolute Gasteiger partial charge is 0.208 e. The molecule has 3 aromatic rings. The number of nitrogens with zero attached hydrogens (tertiary/aromatic N) is 2. The Morgan fingerprint density at radius 3 is 2.82 bits per heavy atom. The van der Waals surface area contributed by atoms with Crippen LogP contribution < -0.4 is 14.8 Å². The van der Waals surface area contributed by atoms with E-state index in [0.717, 1.165) is 12.0 Å². The molecule has 3 atom stereocenters. The Kier molecular flexibility index (Phi) is 7.25. The van der Waals surface area contributed by atoms with Gasteiger partial charge in [-0.1, -0.05) is 12.1 Å². The molecule has 0 amide bonds. The van der Waals surface area contributed by atoms with Crippen molar-refractivity contribution in [2.45, 2.75) is 51.5 Å². The normalized spacial score (nSPS) is 20.1. The zero-order valence-electron chi connectivity index (χ0n) is 18.7. The monoisotopic (exact) mass is 466 g/mol. The SMILES string of the molecule is [CH2][C@@H]1C[C@@H](Nc2ncncc2C(=O)c2cc(COc3ccccc3OC(C)C)cs2)C[C@@H]1O. The van der Waals surface area contributed by atoms with Gasteiger partial charge in [-0.15, -0.1) is 11.3 Å². The highest BCUT2D eigenvalue weighted by atomic mass is 32.1. The summed E-state index contributed by atoms with van der Waals surface area (Å²) in [6.07, 6.45) is 3.84. The van der Waals surface area contributed by atoms with E-state index in [1.807, 2.05) is 49.6 Å². The van der Waals surface area contributed by atoms with Crippen LogP contribution in [0.1, 0.15) is 47.5 Å². The van der Waals surface area contributed by atoms with E-state index < -0.39 is 6.10 Å². The number of carbonyl (C=O) groups is 1. The zero-order chi connectivity index (χ0) is 23.4. The molecule has 1 aliphatic rings. The molecule has 33 heavy (non-hydrogen) atoms. The van der Waals surface area contributed by atoms with Gasteiger partial charge >= 0.3 is 0 Å². The maximum atomic E-state index is 13.2. The molecule has 0 spiro atoms. The van der Waals surface area contributed by atoms with E-state index in [-0.39, 0.29) is 23.8 Å². The van der Waals surface area contributed by atoms with E-state index in [0.29, 0.717) is 40.8 Å². The third-order valence-electron chi connectivity index (χ3n) is 5.44. The van der Waals surface area contributed by atoms with Crippen molar-refractivity contribution in [3.63, 3.8) is 0 Å². The summed E-state index contributed by atoms with van der Waals surface area (Å²) < 4.78 is 11.8. The van der Waals surface area contributed by atoms with E-state index in [1.54, 1.807) is 0 Å². The summed E-state index contributed by atoms with van der Waals surface area (Å²) in [7, 11) is 0. The number of anilines is 1. The molecule has 7 nitrogen and oxygen atoms in total. The molecule has 1 saturated carbocycles. The molecule has 173 valence electrons. The predicted molar refractivity (Wildman–Crippen MR) is 128 cm³/mol. The number of thiophene rings is 1. The molecule has 1 fully saturated rings. The van der Waals surface area contributed by atoms with Gasteiger partial charge < -0.3 is 19.9 Å². The summed E-state index contributed by atoms with van der Waals surface area (Å²) in [5.41, 5.74) is 1.30. The second-order valence-electron chi connectivity index (χ2n) is 8.48. The standard InChI is InChI=1S/C25H28N3O4S/c1-15(2)32-22-7-5-4-6-21(22)31-12-17-9-23(33-13-17)24(30)19-11-26-14-27-25(19)28-18-8-16(3)20(29)10-18/h4-7,9,11,13-16,18,20,29H,3,8,10,12H2,1-2H3,(H,26,27,28)/t16-,18-,20+/m1/s1. The predicted octanol–water partition coefficient (Wildman–Crippen LogP) is 4.52. The Morgan fingerprint density at radius 1 is 1.30 bits per heavy atom. The van der Waals surface area contributed by atoms with Crippen LogP contribution in [0.15, 0.2) is 48.2 Å². The largest absolute Gasteiger partial charge is 0.487 e. The van der Waals surface area contributed by atoms with E-state index >= 15 is 0 Å². The maximum absolute atomic E-state index is 13.2. The number of ether oxygens (including phenoxy) is 2. The first-order valence-corrected chi connectivity index (χ1v) is 11.9. The van der Waals surface area contributed by atoms with Crippen LogP contribution in [0, 0.1) is 12.8 Å². The molecule has 2 heterocycles. The van der Waals surface area contributed by atoms with Crippen LogP contribution in [0.25, 0.3) is 0 Å². The van der Waals surface area contributed by atoms with Gasteiger partial charge in [0.1, 0.15) is 18.8 Å². The highest BCUT2D eigenvalue weighted by molar-refractivity contribution is 7.12. The molecular weight excluding hydrogens is 438 g/mol. The molecule has 0 unspecified atom stereocenters. The third-order valence-corrected chi connectivity index (χ3v) is 6.42. The van der Waals surface area contributed by atoms with Gasteiger partial charge in [0.15, 0.2) is 11.5 Å². The summed E-state index contributed by atoms with van der Waals surface area (Å²) in [5.74, 6) is 1.66. The highest BCUT2D eigenvalue weighted by Gasteiger charge is 2.31. The molecule has 0 saturated heterocycles. The molecule has 0 bridgehead atoms. The average molecular weight is 467 g/mol. The Bertz CT molecular complexity index is 1090. The number of hydrogen-bond donors (Lipinski definition) is 2. The van der Waals surface area contributed by atoms with Crippen LogP contribution in [-0.4, -0.2) is 39.1 Å². The van der Waals surface area contributed by atoms with Crippen LogP contribution in [0.3, 0.4) is 0 Å². The Labute approximate surface area is 197 Å². The van der Waals surface area contributed by atoms with Crippen molar-refractivity contribution >= 4 is 22.9 Å². The van der Waals surface area contributed by atoms with Crippen molar-refractivity contribution in [1.29, 1.82) is 0 Å². The fourth-order valence-corrected chi connectivity index (χ4v) is 4.66. The van der Waals surface area contributed by atoms with E-state index in [2.05, 4.69) is 22.2 Å². The Hall–Kier alpha value is -2.97. The summed E-state index contributed by atoms with van der Waals surface area (Å²) in [6, 6.07) is 9.40. The Balaban J connectivity index is 1.44. The van der Waals surface area contributed by atoms with Gasteiger partial charge in [0.2, 0.25) is 5.78 Å². The van der Waals surface area contributed by atoms with Gasteiger partial charge in [0, 0.05) is 17.8 Å². The summed E-state index contributed by atoms with van der Waals surface area (Å²) in [5, 5.41) is 15.2. The lowest BCUT2D eigenvalue weighted by atomic mass is 10.1. The third kappa shape index (κ3) is 5.69. The lowest BCUT2D eigenvalue weighted by molar-refractivity contribution is 0.104. The first-order chi connectivity index (χ1) is 15.9. The van der Waals surface area contributed by atoms with Crippen molar-refractivity contribution in [2.75, 3.05) is 5.32 Å². The van der Waals surface area contributed by atoms with Crippen molar-refractivity contribution in [1.82, 2.24) is 9.97 Å². The highest BCUT2D eigenvalue weighted by Crippen LogP contribution is 2.31. The van der Waals surface area contributed by atoms with Gasteiger partial charge in [-0.3, -0.25) is 4.79 Å². The van der Waals surface area contributed by atoms with Gasteiger partial charge in [-0.25, -0.2) is 9.97 Å². The minimum Gasteiger partial charge on any atom is -0.487 e. The average Bonchev–Trinajstić information content (AvgIpc) is 3.39. The quantitative estimate of drug-likeness (QED) is 0.448. The van der Waals surface area contributed by atoms with Crippen LogP contribution in [0.4, 0.5) is 5.82 Å². The van der Waals surface area contributed by atoms with E-state index in [1.165, 1.54) is 23.9 Å². The fraction of sp³-hybridized carbons (Fsp3) is 0.360. The van der Waals surface area contributed by atoms with Crippen LogP contribution in [-0.2, 0) is 6.61 Å². The van der Waals surface area contributed by atoms with Crippen molar-refractivity contribution in [2.24, 2.45) is 5.92 Å². The maximum Gasteiger partial charge on any atom is 0.208 e. The molecule has 0 aliphatic heterocycles. The number of aromatic nitrogens is 2. The zero-order valence-corrected chi connectivity index (χ0v) is 19.5. The molecule has 2 aromatic heterocycles. The molecule has 1 aliphatic carbocycles. The lowest BCUT2D eigenvalue weighted by Gasteiger charge is -2.15. The summed E-state index contributed by atoms with van der Waals surface area (Å²) in [6.45, 7) is 8.23. The number of nitrogens with one attached hydrogen (secondary N) is 1. The van der Waals surface area contributed by atoms with Crippen LogP contribution >= 0.6 is 11.3 Å². The summed E-state index contributed by atoms with van der Waals surface area (Å²) in [4.78, 5) is 22.1. The number of hydrogen-bond acceptors (Lipinski definition) is 8. The van der Waals surface area contributed by atoms with Crippen molar-refractivity contribution in [3.05, 3.63) is 71.2 Å². The molecule has 8 heteroatoms. The van der Waals surface area contributed by atoms with E-state index in [4.69, 9.17) is 9.47 Å². The number of benzene rings is 1. The number of ketones is 1. The van der Waals surface area contributed by atoms with Crippen LogP contribution in [0.5, 0.6) is 11.5 Å². The van der Waals surface area contributed by atoms with Crippen LogP contribution in [0.2, 0.25) is 0 Å². The van der Waals surface area contributed by atoms with Gasteiger partial charge in [0.25, 0.3) is 0 Å². The number of carbonyl (C=O) groups excluding carboxylic acids is 1. The molecule has 2 N–H and O–H groups in total. The molecule has 1 aromatic carbocycles. The van der Waals surface area contributed by atoms with Crippen molar-refractivity contribution < 1.29 is 19.4 Å².